The second-order valence-corrected chi connectivity index (χ2v) is 14.6. The van der Waals surface area contributed by atoms with Gasteiger partial charge in [-0.05, 0) is 96.4 Å². The van der Waals surface area contributed by atoms with E-state index in [0.717, 1.165) is 39.3 Å². The summed E-state index contributed by atoms with van der Waals surface area (Å²) in [6, 6.07) is 65.4. The highest BCUT2D eigenvalue weighted by molar-refractivity contribution is 6.05. The first-order valence-corrected chi connectivity index (χ1v) is 18.3. The maximum absolute atomic E-state index is 5.18. The standard InChI is InChI=1S/C51H36N2/c1-51(2)46-31-36-20-10-9-19-35(36)30-45(46)43-26-14-25-40(49(43)51)38-22-13-21-37(29-38)39-27-28-44(42-24-12-11-23-41(39)42)50-52-47(33-15-5-3-6-16-33)32-48(53-50)34-17-7-4-8-18-34/h3-32H,1-2H3. The van der Waals surface area contributed by atoms with E-state index in [0.29, 0.717) is 0 Å². The minimum Gasteiger partial charge on any atom is -0.228 e. The van der Waals surface area contributed by atoms with Crippen LogP contribution in [0.5, 0.6) is 0 Å². The Bertz CT molecular complexity index is 2790. The molecule has 2 heteroatoms. The molecule has 1 aliphatic carbocycles. The molecular formula is C51H36N2. The summed E-state index contributed by atoms with van der Waals surface area (Å²) >= 11 is 0. The molecule has 0 radical (unpaired) electrons. The molecule has 2 nitrogen and oxygen atoms in total. The van der Waals surface area contributed by atoms with Gasteiger partial charge in [0.15, 0.2) is 5.82 Å². The SMILES string of the molecule is CC1(C)c2cc3ccccc3cc2-c2cccc(-c3cccc(-c4ccc(-c5nc(-c6ccccc6)cc(-c6ccccc6)n5)c5ccccc45)c3)c21. The van der Waals surface area contributed by atoms with Crippen molar-refractivity contribution in [3.63, 3.8) is 0 Å². The summed E-state index contributed by atoms with van der Waals surface area (Å²) in [7, 11) is 0. The quantitative estimate of drug-likeness (QED) is 0.181. The fourth-order valence-corrected chi connectivity index (χ4v) is 8.49. The molecule has 0 amide bonds. The van der Waals surface area contributed by atoms with Gasteiger partial charge in [-0.3, -0.25) is 0 Å². The Morgan fingerprint density at radius 3 is 1.55 bits per heavy atom. The van der Waals surface area contributed by atoms with Gasteiger partial charge in [-0.1, -0.05) is 166 Å². The molecule has 0 atom stereocenters. The Kier molecular flexibility index (Phi) is 7.19. The zero-order valence-corrected chi connectivity index (χ0v) is 29.7. The molecule has 0 saturated carbocycles. The van der Waals surface area contributed by atoms with Crippen LogP contribution in [0.4, 0.5) is 0 Å². The highest BCUT2D eigenvalue weighted by Gasteiger charge is 2.37. The number of rotatable bonds is 5. The number of hydrogen-bond donors (Lipinski definition) is 0. The summed E-state index contributed by atoms with van der Waals surface area (Å²) in [5.74, 6) is 0.719. The predicted octanol–water partition coefficient (Wildman–Crippen LogP) is 13.4. The van der Waals surface area contributed by atoms with Crippen molar-refractivity contribution in [2.75, 3.05) is 0 Å². The summed E-state index contributed by atoms with van der Waals surface area (Å²) in [6.45, 7) is 4.76. The van der Waals surface area contributed by atoms with Crippen LogP contribution in [0.1, 0.15) is 25.0 Å². The lowest BCUT2D eigenvalue weighted by molar-refractivity contribution is 0.663. The molecule has 1 heterocycles. The third-order valence-corrected chi connectivity index (χ3v) is 11.1. The monoisotopic (exact) mass is 676 g/mol. The van der Waals surface area contributed by atoms with E-state index in [2.05, 4.69) is 184 Å². The van der Waals surface area contributed by atoms with Crippen LogP contribution in [-0.2, 0) is 5.41 Å². The first-order valence-electron chi connectivity index (χ1n) is 18.3. The zero-order chi connectivity index (χ0) is 35.5. The van der Waals surface area contributed by atoms with Gasteiger partial charge in [0.1, 0.15) is 0 Å². The predicted molar refractivity (Wildman–Crippen MR) is 222 cm³/mol. The van der Waals surface area contributed by atoms with Crippen molar-refractivity contribution < 1.29 is 0 Å². The molecule has 0 N–H and O–H groups in total. The maximum atomic E-state index is 5.18. The first kappa shape index (κ1) is 31.1. The molecule has 0 bridgehead atoms. The van der Waals surface area contributed by atoms with Crippen LogP contribution in [0.3, 0.4) is 0 Å². The van der Waals surface area contributed by atoms with Gasteiger partial charge in [0.2, 0.25) is 0 Å². The zero-order valence-electron chi connectivity index (χ0n) is 29.7. The lowest BCUT2D eigenvalue weighted by Crippen LogP contribution is -2.16. The molecule has 10 rings (SSSR count). The van der Waals surface area contributed by atoms with Gasteiger partial charge in [0.05, 0.1) is 11.4 Å². The molecule has 8 aromatic carbocycles. The van der Waals surface area contributed by atoms with E-state index in [9.17, 15) is 0 Å². The van der Waals surface area contributed by atoms with E-state index in [-0.39, 0.29) is 5.41 Å². The minimum absolute atomic E-state index is 0.136. The fourth-order valence-electron chi connectivity index (χ4n) is 8.49. The van der Waals surface area contributed by atoms with E-state index >= 15 is 0 Å². The number of nitrogens with zero attached hydrogens (tertiary/aromatic N) is 2. The second-order valence-electron chi connectivity index (χ2n) is 14.6. The van der Waals surface area contributed by atoms with E-state index in [4.69, 9.17) is 9.97 Å². The largest absolute Gasteiger partial charge is 0.228 e. The van der Waals surface area contributed by atoms with Crippen molar-refractivity contribution >= 4 is 21.5 Å². The molecule has 0 unspecified atom stereocenters. The van der Waals surface area contributed by atoms with Crippen LogP contribution in [0.2, 0.25) is 0 Å². The Labute approximate surface area is 310 Å². The van der Waals surface area contributed by atoms with Gasteiger partial charge in [0.25, 0.3) is 0 Å². The molecule has 0 spiro atoms. The smallest absolute Gasteiger partial charge is 0.161 e. The van der Waals surface area contributed by atoms with Gasteiger partial charge in [-0.25, -0.2) is 9.97 Å². The van der Waals surface area contributed by atoms with Crippen LogP contribution in [0.15, 0.2) is 182 Å². The number of aromatic nitrogens is 2. The second kappa shape index (κ2) is 12.3. The van der Waals surface area contributed by atoms with Crippen LogP contribution >= 0.6 is 0 Å². The van der Waals surface area contributed by atoms with Crippen LogP contribution in [-0.4, -0.2) is 9.97 Å². The third kappa shape index (κ3) is 5.18. The first-order chi connectivity index (χ1) is 26.0. The number of benzene rings is 8. The molecule has 9 aromatic rings. The molecule has 1 aromatic heterocycles. The number of hydrogen-bond acceptors (Lipinski definition) is 2. The highest BCUT2D eigenvalue weighted by atomic mass is 14.9. The molecule has 0 aliphatic heterocycles. The van der Waals surface area contributed by atoms with Crippen LogP contribution in [0.25, 0.3) is 88.8 Å². The Morgan fingerprint density at radius 1 is 0.358 bits per heavy atom. The Morgan fingerprint density at radius 2 is 0.868 bits per heavy atom. The average Bonchev–Trinajstić information content (AvgIpc) is 3.45. The summed E-state index contributed by atoms with van der Waals surface area (Å²) in [5, 5.41) is 4.88. The normalized spacial score (nSPS) is 12.9. The summed E-state index contributed by atoms with van der Waals surface area (Å²) in [5.41, 5.74) is 15.2. The minimum atomic E-state index is -0.136. The molecule has 1 aliphatic rings. The van der Waals surface area contributed by atoms with Crippen molar-refractivity contribution in [1.82, 2.24) is 9.97 Å². The van der Waals surface area contributed by atoms with E-state index in [1.807, 2.05) is 12.1 Å². The topological polar surface area (TPSA) is 25.8 Å². The van der Waals surface area contributed by atoms with Gasteiger partial charge in [0, 0.05) is 22.1 Å². The lowest BCUT2D eigenvalue weighted by atomic mass is 9.78. The van der Waals surface area contributed by atoms with E-state index < -0.39 is 0 Å². The molecule has 250 valence electrons. The molecule has 53 heavy (non-hydrogen) atoms. The van der Waals surface area contributed by atoms with Crippen molar-refractivity contribution in [3.05, 3.63) is 193 Å². The lowest BCUT2D eigenvalue weighted by Gasteiger charge is -2.25. The maximum Gasteiger partial charge on any atom is 0.161 e. The molecule has 0 saturated heterocycles. The van der Waals surface area contributed by atoms with Crippen LogP contribution in [0, 0.1) is 0 Å². The fraction of sp³-hybridized carbons (Fsp3) is 0.0588. The van der Waals surface area contributed by atoms with Crippen molar-refractivity contribution in [2.24, 2.45) is 0 Å². The number of fused-ring (bicyclic) bond motifs is 5. The highest BCUT2D eigenvalue weighted by Crippen LogP contribution is 2.53. The van der Waals surface area contributed by atoms with Gasteiger partial charge in [-0.15, -0.1) is 0 Å². The van der Waals surface area contributed by atoms with Gasteiger partial charge in [-0.2, -0.15) is 0 Å². The van der Waals surface area contributed by atoms with E-state index in [1.54, 1.807) is 0 Å². The van der Waals surface area contributed by atoms with Gasteiger partial charge >= 0.3 is 0 Å². The summed E-state index contributed by atoms with van der Waals surface area (Å²) in [6.07, 6.45) is 0. The van der Waals surface area contributed by atoms with Crippen molar-refractivity contribution in [2.45, 2.75) is 19.3 Å². The van der Waals surface area contributed by atoms with Crippen molar-refractivity contribution in [3.8, 4) is 67.3 Å². The summed E-state index contributed by atoms with van der Waals surface area (Å²) < 4.78 is 0. The Balaban J connectivity index is 1.10. The van der Waals surface area contributed by atoms with E-state index in [1.165, 1.54) is 60.7 Å². The van der Waals surface area contributed by atoms with Crippen molar-refractivity contribution in [1.29, 1.82) is 0 Å². The summed E-state index contributed by atoms with van der Waals surface area (Å²) in [4.78, 5) is 10.4. The van der Waals surface area contributed by atoms with Crippen LogP contribution < -0.4 is 0 Å². The Hall–Kier alpha value is -6.64. The average molecular weight is 677 g/mol. The van der Waals surface area contributed by atoms with Gasteiger partial charge < -0.3 is 0 Å². The third-order valence-electron chi connectivity index (χ3n) is 11.1. The molecular weight excluding hydrogens is 641 g/mol. The molecule has 0 fully saturated rings.